The maximum absolute atomic E-state index is 6.37. The molecule has 4 rings (SSSR count). The van der Waals surface area contributed by atoms with Gasteiger partial charge in [-0.05, 0) is 70.1 Å². The number of unbranched alkanes of at least 4 members (excludes halogenated alkanes) is 2. The van der Waals surface area contributed by atoms with E-state index in [0.29, 0.717) is 5.92 Å². The van der Waals surface area contributed by atoms with Crippen molar-refractivity contribution in [2.75, 3.05) is 38.1 Å². The Morgan fingerprint density at radius 3 is 2.86 bits per heavy atom. The van der Waals surface area contributed by atoms with Gasteiger partial charge < -0.3 is 15.0 Å². The molecule has 0 saturated carbocycles. The van der Waals surface area contributed by atoms with E-state index in [0.717, 1.165) is 31.0 Å². The fraction of sp³-hybridized carbons (Fsp3) is 0.625. The van der Waals surface area contributed by atoms with Gasteiger partial charge in [0, 0.05) is 17.5 Å². The number of para-hydroxylation sites is 1. The topological polar surface area (TPSA) is 37.4 Å². The van der Waals surface area contributed by atoms with E-state index >= 15 is 0 Å². The molecule has 1 saturated heterocycles. The molecule has 2 aliphatic rings. The summed E-state index contributed by atoms with van der Waals surface area (Å²) in [6, 6.07) is 8.45. The summed E-state index contributed by atoms with van der Waals surface area (Å²) in [6.45, 7) is 7.84. The Labute approximate surface area is 169 Å². The van der Waals surface area contributed by atoms with Crippen LogP contribution in [0.4, 0.5) is 5.69 Å². The molecule has 28 heavy (non-hydrogen) atoms. The number of rotatable bonds is 7. The SMILES string of the molecule is CCCCCN1CCC(COc2nc3ccccc3c3c2CCCCN3)CC1. The Hall–Kier alpha value is -1.81. The number of benzene rings is 1. The van der Waals surface area contributed by atoms with Gasteiger partial charge in [0.2, 0.25) is 5.88 Å². The quantitative estimate of drug-likeness (QED) is 0.664. The molecule has 3 heterocycles. The lowest BCUT2D eigenvalue weighted by atomic mass is 9.97. The highest BCUT2D eigenvalue weighted by Crippen LogP contribution is 2.35. The monoisotopic (exact) mass is 381 g/mol. The Bertz CT molecular complexity index is 768. The van der Waals surface area contributed by atoms with Gasteiger partial charge in [-0.1, -0.05) is 38.0 Å². The van der Waals surface area contributed by atoms with Gasteiger partial charge >= 0.3 is 0 Å². The van der Waals surface area contributed by atoms with Crippen LogP contribution in [0.5, 0.6) is 5.88 Å². The third-order valence-electron chi connectivity index (χ3n) is 6.35. The summed E-state index contributed by atoms with van der Waals surface area (Å²) in [5.41, 5.74) is 3.58. The number of nitrogens with one attached hydrogen (secondary N) is 1. The van der Waals surface area contributed by atoms with Crippen molar-refractivity contribution in [3.8, 4) is 5.88 Å². The zero-order chi connectivity index (χ0) is 19.2. The highest BCUT2D eigenvalue weighted by atomic mass is 16.5. The number of hydrogen-bond acceptors (Lipinski definition) is 4. The lowest BCUT2D eigenvalue weighted by molar-refractivity contribution is 0.137. The molecule has 1 fully saturated rings. The van der Waals surface area contributed by atoms with E-state index in [1.54, 1.807) is 0 Å². The summed E-state index contributed by atoms with van der Waals surface area (Å²) in [5.74, 6) is 1.53. The Morgan fingerprint density at radius 2 is 2.00 bits per heavy atom. The second kappa shape index (κ2) is 9.60. The fourth-order valence-corrected chi connectivity index (χ4v) is 4.58. The van der Waals surface area contributed by atoms with Crippen molar-refractivity contribution < 1.29 is 4.74 Å². The average Bonchev–Trinajstić information content (AvgIpc) is 3.00. The number of piperidine rings is 1. The van der Waals surface area contributed by atoms with Gasteiger partial charge in [-0.2, -0.15) is 0 Å². The molecule has 152 valence electrons. The highest BCUT2D eigenvalue weighted by molar-refractivity contribution is 5.94. The van der Waals surface area contributed by atoms with Crippen LogP contribution in [-0.2, 0) is 6.42 Å². The number of anilines is 1. The van der Waals surface area contributed by atoms with Crippen LogP contribution in [0.15, 0.2) is 24.3 Å². The molecule has 4 nitrogen and oxygen atoms in total. The number of fused-ring (bicyclic) bond motifs is 3. The van der Waals surface area contributed by atoms with Crippen LogP contribution in [0.1, 0.15) is 57.4 Å². The average molecular weight is 382 g/mol. The van der Waals surface area contributed by atoms with Gasteiger partial charge in [0.25, 0.3) is 0 Å². The molecule has 2 aliphatic heterocycles. The van der Waals surface area contributed by atoms with Crippen molar-refractivity contribution in [1.29, 1.82) is 0 Å². The molecule has 0 amide bonds. The molecule has 2 aromatic rings. The molecule has 1 N–H and O–H groups in total. The fourth-order valence-electron chi connectivity index (χ4n) is 4.58. The van der Waals surface area contributed by atoms with Crippen molar-refractivity contribution in [2.45, 2.75) is 58.3 Å². The summed E-state index contributed by atoms with van der Waals surface area (Å²) >= 11 is 0. The first-order chi connectivity index (χ1) is 13.8. The normalized spacial score (nSPS) is 18.5. The van der Waals surface area contributed by atoms with Crippen molar-refractivity contribution in [2.24, 2.45) is 5.92 Å². The molecule has 0 bridgehead atoms. The van der Waals surface area contributed by atoms with E-state index in [-0.39, 0.29) is 0 Å². The first-order valence-electron chi connectivity index (χ1n) is 11.4. The minimum absolute atomic E-state index is 0.657. The molecule has 0 atom stereocenters. The third kappa shape index (κ3) is 4.60. The molecular weight excluding hydrogens is 346 g/mol. The first kappa shape index (κ1) is 19.5. The molecule has 1 aromatic carbocycles. The molecule has 0 unspecified atom stereocenters. The predicted molar refractivity (Wildman–Crippen MR) is 117 cm³/mol. The molecule has 0 aliphatic carbocycles. The minimum atomic E-state index is 0.657. The number of aromatic nitrogens is 1. The molecule has 0 radical (unpaired) electrons. The van der Waals surface area contributed by atoms with E-state index < -0.39 is 0 Å². The van der Waals surface area contributed by atoms with Crippen LogP contribution in [0.25, 0.3) is 10.9 Å². The Balaban J connectivity index is 1.41. The number of hydrogen-bond donors (Lipinski definition) is 1. The van der Waals surface area contributed by atoms with Gasteiger partial charge in [-0.25, -0.2) is 4.98 Å². The van der Waals surface area contributed by atoms with Crippen molar-refractivity contribution >= 4 is 16.6 Å². The number of nitrogens with zero attached hydrogens (tertiary/aromatic N) is 2. The van der Waals surface area contributed by atoms with Crippen LogP contribution in [-0.4, -0.2) is 42.7 Å². The smallest absolute Gasteiger partial charge is 0.219 e. The van der Waals surface area contributed by atoms with E-state index in [9.17, 15) is 0 Å². The Morgan fingerprint density at radius 1 is 1.14 bits per heavy atom. The molecule has 4 heteroatoms. The van der Waals surface area contributed by atoms with E-state index in [1.165, 1.54) is 81.2 Å². The van der Waals surface area contributed by atoms with E-state index in [1.807, 2.05) is 0 Å². The zero-order valence-corrected chi connectivity index (χ0v) is 17.4. The summed E-state index contributed by atoms with van der Waals surface area (Å²) in [4.78, 5) is 7.54. The van der Waals surface area contributed by atoms with Crippen molar-refractivity contribution in [3.63, 3.8) is 0 Å². The highest BCUT2D eigenvalue weighted by Gasteiger charge is 2.22. The van der Waals surface area contributed by atoms with Gasteiger partial charge in [0.05, 0.1) is 17.8 Å². The van der Waals surface area contributed by atoms with Crippen LogP contribution < -0.4 is 10.1 Å². The molecule has 0 spiro atoms. The summed E-state index contributed by atoms with van der Waals surface area (Å²) in [7, 11) is 0. The summed E-state index contributed by atoms with van der Waals surface area (Å²) in [6.07, 6.45) is 9.98. The summed E-state index contributed by atoms with van der Waals surface area (Å²) in [5, 5.41) is 4.88. The van der Waals surface area contributed by atoms with Crippen molar-refractivity contribution in [1.82, 2.24) is 9.88 Å². The van der Waals surface area contributed by atoms with Crippen LogP contribution in [0.2, 0.25) is 0 Å². The van der Waals surface area contributed by atoms with Gasteiger partial charge in [-0.15, -0.1) is 0 Å². The van der Waals surface area contributed by atoms with Crippen LogP contribution >= 0.6 is 0 Å². The standard InChI is InChI=1S/C24H35N3O/c1-2-3-8-15-27-16-12-19(13-17-27)18-28-24-21-10-6-7-14-25-23(21)20-9-4-5-11-22(20)26-24/h4-5,9,11,19,25H,2-3,6-8,10,12-18H2,1H3. The third-order valence-corrected chi connectivity index (χ3v) is 6.35. The molecule has 1 aromatic heterocycles. The maximum Gasteiger partial charge on any atom is 0.219 e. The Kier molecular flexibility index (Phi) is 6.69. The van der Waals surface area contributed by atoms with E-state index in [2.05, 4.69) is 41.4 Å². The van der Waals surface area contributed by atoms with E-state index in [4.69, 9.17) is 9.72 Å². The molecular formula is C24H35N3O. The van der Waals surface area contributed by atoms with Crippen LogP contribution in [0.3, 0.4) is 0 Å². The minimum Gasteiger partial charge on any atom is -0.477 e. The van der Waals surface area contributed by atoms with Crippen LogP contribution in [0, 0.1) is 5.92 Å². The summed E-state index contributed by atoms with van der Waals surface area (Å²) < 4.78 is 6.37. The lowest BCUT2D eigenvalue weighted by Gasteiger charge is -2.31. The lowest BCUT2D eigenvalue weighted by Crippen LogP contribution is -2.36. The second-order valence-electron chi connectivity index (χ2n) is 8.47. The maximum atomic E-state index is 6.37. The number of ether oxygens (including phenoxy) is 1. The van der Waals surface area contributed by atoms with Gasteiger partial charge in [0.1, 0.15) is 0 Å². The second-order valence-corrected chi connectivity index (χ2v) is 8.47. The zero-order valence-electron chi connectivity index (χ0n) is 17.4. The first-order valence-corrected chi connectivity index (χ1v) is 11.4. The van der Waals surface area contributed by atoms with Gasteiger partial charge in [-0.3, -0.25) is 0 Å². The largest absolute Gasteiger partial charge is 0.477 e. The van der Waals surface area contributed by atoms with Gasteiger partial charge in [0.15, 0.2) is 0 Å². The number of pyridine rings is 1. The number of likely N-dealkylation sites (tertiary alicyclic amines) is 1. The predicted octanol–water partition coefficient (Wildman–Crippen LogP) is 5.26. The van der Waals surface area contributed by atoms with Crippen molar-refractivity contribution in [3.05, 3.63) is 29.8 Å².